The van der Waals surface area contributed by atoms with E-state index in [-0.39, 0.29) is 6.10 Å². The molecule has 0 spiro atoms. The number of benzene rings is 1. The van der Waals surface area contributed by atoms with Crippen LogP contribution >= 0.6 is 0 Å². The summed E-state index contributed by atoms with van der Waals surface area (Å²) >= 11 is 0. The highest BCUT2D eigenvalue weighted by atomic mass is 16.5. The van der Waals surface area contributed by atoms with Crippen molar-refractivity contribution < 1.29 is 9.84 Å². The Morgan fingerprint density at radius 1 is 1.22 bits per heavy atom. The zero-order valence-corrected chi connectivity index (χ0v) is 11.6. The molecule has 0 radical (unpaired) electrons. The van der Waals surface area contributed by atoms with E-state index in [1.165, 1.54) is 5.56 Å². The van der Waals surface area contributed by atoms with Gasteiger partial charge in [-0.05, 0) is 37.6 Å². The molecule has 18 heavy (non-hydrogen) atoms. The van der Waals surface area contributed by atoms with Crippen LogP contribution in [0.2, 0.25) is 0 Å². The molecule has 0 heterocycles. The molecule has 0 fully saturated rings. The van der Waals surface area contributed by atoms with E-state index in [1.54, 1.807) is 6.92 Å². The van der Waals surface area contributed by atoms with E-state index in [9.17, 15) is 0 Å². The van der Waals surface area contributed by atoms with Crippen molar-refractivity contribution in [2.75, 3.05) is 13.2 Å². The van der Waals surface area contributed by atoms with E-state index in [0.717, 1.165) is 18.7 Å². The van der Waals surface area contributed by atoms with Crippen LogP contribution in [0.3, 0.4) is 0 Å². The standard InChI is InChI=1S/C15H25NO2/c1-4-15(16-5-2)13-6-8-14(9-7-13)18-11-10-12(3)17/h6-9,12,15-17H,4-5,10-11H2,1-3H3. The van der Waals surface area contributed by atoms with Crippen LogP contribution in [-0.4, -0.2) is 24.4 Å². The molecular weight excluding hydrogens is 226 g/mol. The Kier molecular flexibility index (Phi) is 6.76. The normalized spacial score (nSPS) is 14.2. The number of hydrogen-bond acceptors (Lipinski definition) is 3. The highest BCUT2D eigenvalue weighted by Crippen LogP contribution is 2.20. The molecule has 3 nitrogen and oxygen atoms in total. The molecule has 0 amide bonds. The molecule has 3 heteroatoms. The Labute approximate surface area is 110 Å². The highest BCUT2D eigenvalue weighted by Gasteiger charge is 2.07. The van der Waals surface area contributed by atoms with Gasteiger partial charge in [0.25, 0.3) is 0 Å². The van der Waals surface area contributed by atoms with Gasteiger partial charge in [-0.3, -0.25) is 0 Å². The molecule has 0 saturated heterocycles. The van der Waals surface area contributed by atoms with Crippen LogP contribution in [0.4, 0.5) is 0 Å². The van der Waals surface area contributed by atoms with Crippen molar-refractivity contribution in [1.29, 1.82) is 0 Å². The molecule has 1 aromatic carbocycles. The number of aliphatic hydroxyl groups is 1. The van der Waals surface area contributed by atoms with Gasteiger partial charge in [0, 0.05) is 12.5 Å². The second-order valence-corrected chi connectivity index (χ2v) is 4.57. The SMILES string of the molecule is CCNC(CC)c1ccc(OCCC(C)O)cc1. The maximum atomic E-state index is 9.15. The maximum absolute atomic E-state index is 9.15. The molecule has 2 atom stereocenters. The van der Waals surface area contributed by atoms with Crippen LogP contribution in [0.25, 0.3) is 0 Å². The van der Waals surface area contributed by atoms with Gasteiger partial charge in [-0.25, -0.2) is 0 Å². The topological polar surface area (TPSA) is 41.5 Å². The molecule has 0 aliphatic heterocycles. The summed E-state index contributed by atoms with van der Waals surface area (Å²) in [6, 6.07) is 8.62. The molecule has 1 aromatic rings. The summed E-state index contributed by atoms with van der Waals surface area (Å²) < 4.78 is 5.56. The summed E-state index contributed by atoms with van der Waals surface area (Å²) in [5.74, 6) is 0.866. The first-order valence-electron chi connectivity index (χ1n) is 6.81. The van der Waals surface area contributed by atoms with Crippen LogP contribution in [0.15, 0.2) is 24.3 Å². The van der Waals surface area contributed by atoms with Gasteiger partial charge in [-0.15, -0.1) is 0 Å². The molecule has 1 rings (SSSR count). The quantitative estimate of drug-likeness (QED) is 0.746. The van der Waals surface area contributed by atoms with Crippen LogP contribution < -0.4 is 10.1 Å². The zero-order valence-electron chi connectivity index (χ0n) is 11.6. The summed E-state index contributed by atoms with van der Waals surface area (Å²) in [6.45, 7) is 7.61. The van der Waals surface area contributed by atoms with Crippen molar-refractivity contribution in [2.45, 2.75) is 45.8 Å². The van der Waals surface area contributed by atoms with Gasteiger partial charge >= 0.3 is 0 Å². The first-order valence-corrected chi connectivity index (χ1v) is 6.81. The third kappa shape index (κ3) is 5.07. The second kappa shape index (κ2) is 8.11. The summed E-state index contributed by atoms with van der Waals surface area (Å²) in [4.78, 5) is 0. The minimum absolute atomic E-state index is 0.303. The summed E-state index contributed by atoms with van der Waals surface area (Å²) in [7, 11) is 0. The van der Waals surface area contributed by atoms with Gasteiger partial charge in [0.1, 0.15) is 5.75 Å². The number of rotatable bonds is 8. The fraction of sp³-hybridized carbons (Fsp3) is 0.600. The molecule has 2 N–H and O–H groups in total. The Bertz CT molecular complexity index is 322. The smallest absolute Gasteiger partial charge is 0.119 e. The monoisotopic (exact) mass is 251 g/mol. The average Bonchev–Trinajstić information content (AvgIpc) is 2.36. The Balaban J connectivity index is 2.50. The number of ether oxygens (including phenoxy) is 1. The van der Waals surface area contributed by atoms with Crippen molar-refractivity contribution in [3.8, 4) is 5.75 Å². The van der Waals surface area contributed by atoms with Crippen LogP contribution in [-0.2, 0) is 0 Å². The van der Waals surface area contributed by atoms with Crippen LogP contribution in [0.5, 0.6) is 5.75 Å². The van der Waals surface area contributed by atoms with Gasteiger partial charge < -0.3 is 15.2 Å². The molecule has 102 valence electrons. The molecule has 0 bridgehead atoms. The fourth-order valence-electron chi connectivity index (χ4n) is 1.89. The molecular formula is C15H25NO2. The van der Waals surface area contributed by atoms with E-state index >= 15 is 0 Å². The third-order valence-corrected chi connectivity index (χ3v) is 2.95. The lowest BCUT2D eigenvalue weighted by Crippen LogP contribution is -2.19. The molecule has 2 unspecified atom stereocenters. The highest BCUT2D eigenvalue weighted by molar-refractivity contribution is 5.29. The lowest BCUT2D eigenvalue weighted by atomic mass is 10.0. The predicted octanol–water partition coefficient (Wildman–Crippen LogP) is 2.90. The van der Waals surface area contributed by atoms with Gasteiger partial charge in [0.2, 0.25) is 0 Å². The summed E-state index contributed by atoms with van der Waals surface area (Å²) in [6.07, 6.45) is 1.44. The fourth-order valence-corrected chi connectivity index (χ4v) is 1.89. The number of hydrogen-bond donors (Lipinski definition) is 2. The first kappa shape index (κ1) is 15.0. The van der Waals surface area contributed by atoms with Gasteiger partial charge in [-0.2, -0.15) is 0 Å². The second-order valence-electron chi connectivity index (χ2n) is 4.57. The minimum atomic E-state index is -0.303. The zero-order chi connectivity index (χ0) is 13.4. The van der Waals surface area contributed by atoms with Crippen molar-refractivity contribution >= 4 is 0 Å². The van der Waals surface area contributed by atoms with Crippen LogP contribution in [0.1, 0.15) is 45.2 Å². The average molecular weight is 251 g/mol. The van der Waals surface area contributed by atoms with Gasteiger partial charge in [0.15, 0.2) is 0 Å². The molecule has 0 aliphatic carbocycles. The van der Waals surface area contributed by atoms with Crippen molar-refractivity contribution in [2.24, 2.45) is 0 Å². The van der Waals surface area contributed by atoms with E-state index in [1.807, 2.05) is 12.1 Å². The van der Waals surface area contributed by atoms with Crippen molar-refractivity contribution in [1.82, 2.24) is 5.32 Å². The van der Waals surface area contributed by atoms with E-state index in [0.29, 0.717) is 19.1 Å². The van der Waals surface area contributed by atoms with E-state index < -0.39 is 0 Å². The van der Waals surface area contributed by atoms with E-state index in [4.69, 9.17) is 9.84 Å². The van der Waals surface area contributed by atoms with Crippen molar-refractivity contribution in [3.05, 3.63) is 29.8 Å². The lowest BCUT2D eigenvalue weighted by molar-refractivity contribution is 0.155. The summed E-state index contributed by atoms with van der Waals surface area (Å²) in [5, 5.41) is 12.6. The third-order valence-electron chi connectivity index (χ3n) is 2.95. The van der Waals surface area contributed by atoms with E-state index in [2.05, 4.69) is 31.3 Å². The van der Waals surface area contributed by atoms with Gasteiger partial charge in [-0.1, -0.05) is 26.0 Å². The maximum Gasteiger partial charge on any atom is 0.119 e. The number of aliphatic hydroxyl groups excluding tert-OH is 1. The Hall–Kier alpha value is -1.06. The number of nitrogens with one attached hydrogen (secondary N) is 1. The Morgan fingerprint density at radius 3 is 2.39 bits per heavy atom. The minimum Gasteiger partial charge on any atom is -0.493 e. The largest absolute Gasteiger partial charge is 0.493 e. The lowest BCUT2D eigenvalue weighted by Gasteiger charge is -2.16. The van der Waals surface area contributed by atoms with Crippen molar-refractivity contribution in [3.63, 3.8) is 0 Å². The van der Waals surface area contributed by atoms with Gasteiger partial charge in [0.05, 0.1) is 12.7 Å². The molecule has 0 saturated carbocycles. The summed E-state index contributed by atoms with van der Waals surface area (Å²) in [5.41, 5.74) is 1.29. The van der Waals surface area contributed by atoms with Crippen LogP contribution in [0, 0.1) is 0 Å². The molecule has 0 aliphatic rings. The predicted molar refractivity (Wildman–Crippen MR) is 74.9 cm³/mol. The molecule has 0 aromatic heterocycles. The first-order chi connectivity index (χ1) is 8.67. The Morgan fingerprint density at radius 2 is 1.89 bits per heavy atom.